The van der Waals surface area contributed by atoms with Crippen LogP contribution < -0.4 is 0 Å². The Bertz CT molecular complexity index is 342. The van der Waals surface area contributed by atoms with Crippen molar-refractivity contribution in [2.45, 2.75) is 44.9 Å². The quantitative estimate of drug-likeness (QED) is 0.735. The lowest BCUT2D eigenvalue weighted by molar-refractivity contribution is -0.119. The molecule has 0 radical (unpaired) electrons. The Labute approximate surface area is 82.7 Å². The SMILES string of the molecule is CCC(C(C)=O)c1nc(C2CC2)no1. The molecule has 1 aliphatic rings. The van der Waals surface area contributed by atoms with Gasteiger partial charge in [-0.15, -0.1) is 0 Å². The Hall–Kier alpha value is -1.19. The molecule has 2 rings (SSSR count). The number of aromatic nitrogens is 2. The zero-order valence-electron chi connectivity index (χ0n) is 8.49. The monoisotopic (exact) mass is 194 g/mol. The average molecular weight is 194 g/mol. The molecular formula is C10H14N2O2. The van der Waals surface area contributed by atoms with E-state index in [-0.39, 0.29) is 11.7 Å². The highest BCUT2D eigenvalue weighted by Gasteiger charge is 2.30. The van der Waals surface area contributed by atoms with E-state index >= 15 is 0 Å². The molecule has 0 aliphatic heterocycles. The van der Waals surface area contributed by atoms with E-state index in [1.165, 1.54) is 0 Å². The third-order valence-corrected chi connectivity index (χ3v) is 2.60. The highest BCUT2D eigenvalue weighted by atomic mass is 16.5. The van der Waals surface area contributed by atoms with E-state index in [1.807, 2.05) is 6.92 Å². The second-order valence-electron chi connectivity index (χ2n) is 3.84. The summed E-state index contributed by atoms with van der Waals surface area (Å²) in [7, 11) is 0. The molecule has 1 aromatic rings. The van der Waals surface area contributed by atoms with Gasteiger partial charge in [0.1, 0.15) is 5.78 Å². The fraction of sp³-hybridized carbons (Fsp3) is 0.700. The first-order chi connectivity index (χ1) is 6.72. The first-order valence-electron chi connectivity index (χ1n) is 5.06. The third-order valence-electron chi connectivity index (χ3n) is 2.60. The van der Waals surface area contributed by atoms with Crippen LogP contribution in [0, 0.1) is 0 Å². The number of rotatable bonds is 4. The van der Waals surface area contributed by atoms with Crippen LogP contribution in [0.1, 0.15) is 56.7 Å². The van der Waals surface area contributed by atoms with Gasteiger partial charge in [0.15, 0.2) is 5.82 Å². The fourth-order valence-corrected chi connectivity index (χ4v) is 1.53. The van der Waals surface area contributed by atoms with Crippen molar-refractivity contribution in [3.8, 4) is 0 Å². The molecule has 0 saturated heterocycles. The Balaban J connectivity index is 2.17. The van der Waals surface area contributed by atoms with Gasteiger partial charge in [0.25, 0.3) is 0 Å². The summed E-state index contributed by atoms with van der Waals surface area (Å²) in [6, 6.07) is 0. The maximum absolute atomic E-state index is 11.2. The summed E-state index contributed by atoms with van der Waals surface area (Å²) in [6.45, 7) is 3.52. The Morgan fingerprint density at radius 3 is 2.86 bits per heavy atom. The van der Waals surface area contributed by atoms with Gasteiger partial charge >= 0.3 is 0 Å². The summed E-state index contributed by atoms with van der Waals surface area (Å²) in [4.78, 5) is 15.5. The van der Waals surface area contributed by atoms with Crippen molar-refractivity contribution in [1.82, 2.24) is 10.1 Å². The van der Waals surface area contributed by atoms with Gasteiger partial charge in [-0.05, 0) is 26.2 Å². The fourth-order valence-electron chi connectivity index (χ4n) is 1.53. The van der Waals surface area contributed by atoms with Crippen LogP contribution in [0.3, 0.4) is 0 Å². The second kappa shape index (κ2) is 3.52. The number of hydrogen-bond donors (Lipinski definition) is 0. The number of carbonyl (C=O) groups excluding carboxylic acids is 1. The molecule has 1 heterocycles. The Morgan fingerprint density at radius 1 is 1.64 bits per heavy atom. The number of hydrogen-bond acceptors (Lipinski definition) is 4. The van der Waals surface area contributed by atoms with E-state index < -0.39 is 0 Å². The molecule has 1 saturated carbocycles. The molecule has 4 heteroatoms. The molecule has 0 spiro atoms. The molecule has 1 aromatic heterocycles. The van der Waals surface area contributed by atoms with Crippen LogP contribution in [0.25, 0.3) is 0 Å². The summed E-state index contributed by atoms with van der Waals surface area (Å²) >= 11 is 0. The van der Waals surface area contributed by atoms with E-state index in [1.54, 1.807) is 6.92 Å². The number of Topliss-reactive ketones (excluding diaryl/α,β-unsaturated/α-hetero) is 1. The van der Waals surface area contributed by atoms with Crippen molar-refractivity contribution in [3.63, 3.8) is 0 Å². The van der Waals surface area contributed by atoms with Gasteiger partial charge in [-0.2, -0.15) is 4.98 Å². The topological polar surface area (TPSA) is 56.0 Å². The van der Waals surface area contributed by atoms with Crippen molar-refractivity contribution in [3.05, 3.63) is 11.7 Å². The molecular weight excluding hydrogens is 180 g/mol. The van der Waals surface area contributed by atoms with Gasteiger partial charge in [0.2, 0.25) is 5.89 Å². The van der Waals surface area contributed by atoms with E-state index in [9.17, 15) is 4.79 Å². The minimum Gasteiger partial charge on any atom is -0.339 e. The largest absolute Gasteiger partial charge is 0.339 e. The van der Waals surface area contributed by atoms with Crippen LogP contribution in [0.2, 0.25) is 0 Å². The minimum absolute atomic E-state index is 0.0958. The molecule has 1 aliphatic carbocycles. The van der Waals surface area contributed by atoms with Crippen molar-refractivity contribution in [1.29, 1.82) is 0 Å². The smallest absolute Gasteiger partial charge is 0.237 e. The average Bonchev–Trinajstić information content (AvgIpc) is 2.88. The number of ketones is 1. The maximum Gasteiger partial charge on any atom is 0.237 e. The highest BCUT2D eigenvalue weighted by Crippen LogP contribution is 2.38. The van der Waals surface area contributed by atoms with E-state index in [2.05, 4.69) is 10.1 Å². The normalized spacial score (nSPS) is 18.1. The van der Waals surface area contributed by atoms with Crippen molar-refractivity contribution < 1.29 is 9.32 Å². The lowest BCUT2D eigenvalue weighted by Crippen LogP contribution is -2.07. The summed E-state index contributed by atoms with van der Waals surface area (Å²) in [5.41, 5.74) is 0. The first kappa shape index (κ1) is 9.37. The van der Waals surface area contributed by atoms with Crippen molar-refractivity contribution in [2.24, 2.45) is 0 Å². The first-order valence-corrected chi connectivity index (χ1v) is 5.06. The summed E-state index contributed by atoms with van der Waals surface area (Å²) < 4.78 is 5.10. The molecule has 0 N–H and O–H groups in total. The summed E-state index contributed by atoms with van der Waals surface area (Å²) in [5, 5.41) is 3.89. The number of nitrogens with zero attached hydrogens (tertiary/aromatic N) is 2. The summed E-state index contributed by atoms with van der Waals surface area (Å²) in [6.07, 6.45) is 3.02. The van der Waals surface area contributed by atoms with Gasteiger partial charge in [-0.1, -0.05) is 12.1 Å². The predicted molar refractivity (Wildman–Crippen MR) is 50.0 cm³/mol. The molecule has 0 amide bonds. The molecule has 76 valence electrons. The van der Waals surface area contributed by atoms with Crippen LogP contribution in [0.15, 0.2) is 4.52 Å². The minimum atomic E-state index is -0.213. The maximum atomic E-state index is 11.2. The number of carbonyl (C=O) groups is 1. The van der Waals surface area contributed by atoms with Gasteiger partial charge in [0, 0.05) is 5.92 Å². The van der Waals surface area contributed by atoms with Crippen LogP contribution in [-0.2, 0) is 4.79 Å². The van der Waals surface area contributed by atoms with Crippen LogP contribution in [0.5, 0.6) is 0 Å². The second-order valence-corrected chi connectivity index (χ2v) is 3.84. The lowest BCUT2D eigenvalue weighted by atomic mass is 10.0. The molecule has 1 fully saturated rings. The van der Waals surface area contributed by atoms with Gasteiger partial charge < -0.3 is 4.52 Å². The highest BCUT2D eigenvalue weighted by molar-refractivity contribution is 5.82. The Morgan fingerprint density at radius 2 is 2.36 bits per heavy atom. The zero-order valence-corrected chi connectivity index (χ0v) is 8.49. The third kappa shape index (κ3) is 1.69. The summed E-state index contributed by atoms with van der Waals surface area (Å²) in [5.74, 6) is 1.63. The molecule has 1 unspecified atom stereocenters. The van der Waals surface area contributed by atoms with Gasteiger partial charge in [-0.25, -0.2) is 0 Å². The molecule has 4 nitrogen and oxygen atoms in total. The zero-order chi connectivity index (χ0) is 10.1. The molecule has 1 atom stereocenters. The van der Waals surface area contributed by atoms with Crippen molar-refractivity contribution >= 4 is 5.78 Å². The predicted octanol–water partition coefficient (Wildman–Crippen LogP) is 2.03. The molecule has 0 bridgehead atoms. The standard InChI is InChI=1S/C10H14N2O2/c1-3-8(6(2)13)10-11-9(12-14-10)7-4-5-7/h7-8H,3-5H2,1-2H3. The van der Waals surface area contributed by atoms with E-state index in [0.29, 0.717) is 11.8 Å². The molecule has 14 heavy (non-hydrogen) atoms. The van der Waals surface area contributed by atoms with Crippen LogP contribution in [-0.4, -0.2) is 15.9 Å². The Kier molecular flexibility index (Phi) is 2.35. The van der Waals surface area contributed by atoms with Crippen molar-refractivity contribution in [2.75, 3.05) is 0 Å². The lowest BCUT2D eigenvalue weighted by Gasteiger charge is -2.03. The van der Waals surface area contributed by atoms with Crippen LogP contribution in [0.4, 0.5) is 0 Å². The van der Waals surface area contributed by atoms with E-state index in [0.717, 1.165) is 25.1 Å². The van der Waals surface area contributed by atoms with Gasteiger partial charge in [0.05, 0.1) is 5.92 Å². The molecule has 0 aromatic carbocycles. The van der Waals surface area contributed by atoms with Gasteiger partial charge in [-0.3, -0.25) is 4.79 Å². The van der Waals surface area contributed by atoms with E-state index in [4.69, 9.17) is 4.52 Å². The van der Waals surface area contributed by atoms with Crippen LogP contribution >= 0.6 is 0 Å².